The van der Waals surface area contributed by atoms with E-state index in [9.17, 15) is 14.4 Å². The second-order valence-corrected chi connectivity index (χ2v) is 6.80. The van der Waals surface area contributed by atoms with Crippen molar-refractivity contribution in [1.82, 2.24) is 25.1 Å². The Balaban J connectivity index is 1.62. The molecular weight excluding hydrogens is 334 g/mol. The molecule has 2 aliphatic heterocycles. The number of carbonyl (C=O) groups excluding carboxylic acids is 3. The van der Waals surface area contributed by atoms with Crippen molar-refractivity contribution in [2.75, 3.05) is 19.6 Å². The molecule has 26 heavy (non-hydrogen) atoms. The van der Waals surface area contributed by atoms with E-state index < -0.39 is 0 Å². The molecule has 2 aliphatic rings. The van der Waals surface area contributed by atoms with Gasteiger partial charge in [-0.2, -0.15) is 0 Å². The molecule has 0 radical (unpaired) electrons. The van der Waals surface area contributed by atoms with Gasteiger partial charge in [0.2, 0.25) is 17.7 Å². The van der Waals surface area contributed by atoms with Crippen molar-refractivity contribution < 1.29 is 14.4 Å². The van der Waals surface area contributed by atoms with E-state index in [1.807, 2.05) is 4.90 Å². The third kappa shape index (κ3) is 4.36. The summed E-state index contributed by atoms with van der Waals surface area (Å²) in [6.45, 7) is 3.75. The first-order valence-corrected chi connectivity index (χ1v) is 9.18. The van der Waals surface area contributed by atoms with E-state index in [1.54, 1.807) is 17.2 Å². The van der Waals surface area contributed by atoms with Crippen LogP contribution in [0.1, 0.15) is 56.6 Å². The van der Waals surface area contributed by atoms with Crippen LogP contribution in [0.5, 0.6) is 0 Å². The maximum absolute atomic E-state index is 12.7. The Morgan fingerprint density at radius 3 is 2.88 bits per heavy atom. The van der Waals surface area contributed by atoms with Crippen molar-refractivity contribution in [3.63, 3.8) is 0 Å². The lowest BCUT2D eigenvalue weighted by Gasteiger charge is -2.25. The Morgan fingerprint density at radius 1 is 1.31 bits per heavy atom. The van der Waals surface area contributed by atoms with Crippen molar-refractivity contribution in [2.24, 2.45) is 0 Å². The van der Waals surface area contributed by atoms with Crippen LogP contribution in [0.15, 0.2) is 12.3 Å². The molecule has 0 saturated carbocycles. The summed E-state index contributed by atoms with van der Waals surface area (Å²) in [6.07, 6.45) is 5.23. The summed E-state index contributed by atoms with van der Waals surface area (Å²) < 4.78 is 0. The summed E-state index contributed by atoms with van der Waals surface area (Å²) >= 11 is 0. The van der Waals surface area contributed by atoms with E-state index in [4.69, 9.17) is 0 Å². The van der Waals surface area contributed by atoms with Gasteiger partial charge in [-0.15, -0.1) is 0 Å². The molecule has 1 N–H and O–H groups in total. The monoisotopic (exact) mass is 359 g/mol. The van der Waals surface area contributed by atoms with E-state index in [0.29, 0.717) is 38.3 Å². The van der Waals surface area contributed by atoms with Gasteiger partial charge in [-0.1, -0.05) is 0 Å². The Labute approximate surface area is 153 Å². The van der Waals surface area contributed by atoms with Crippen molar-refractivity contribution in [3.8, 4) is 0 Å². The molecule has 3 rings (SSSR count). The van der Waals surface area contributed by atoms with Crippen molar-refractivity contribution in [1.29, 1.82) is 0 Å². The van der Waals surface area contributed by atoms with Crippen LogP contribution >= 0.6 is 0 Å². The van der Waals surface area contributed by atoms with Crippen LogP contribution in [0.2, 0.25) is 0 Å². The minimum atomic E-state index is -0.131. The van der Waals surface area contributed by atoms with Gasteiger partial charge < -0.3 is 15.1 Å². The van der Waals surface area contributed by atoms with E-state index in [1.165, 1.54) is 6.92 Å². The Kier molecular flexibility index (Phi) is 5.80. The number of nitrogens with zero attached hydrogens (tertiary/aromatic N) is 4. The second-order valence-electron chi connectivity index (χ2n) is 6.80. The van der Waals surface area contributed by atoms with Crippen LogP contribution in [0.4, 0.5) is 0 Å². The number of nitrogens with one attached hydrogen (secondary N) is 1. The van der Waals surface area contributed by atoms with E-state index in [2.05, 4.69) is 15.3 Å². The highest BCUT2D eigenvalue weighted by Crippen LogP contribution is 2.30. The maximum Gasteiger partial charge on any atom is 0.224 e. The van der Waals surface area contributed by atoms with Gasteiger partial charge in [-0.3, -0.25) is 14.4 Å². The third-order valence-electron chi connectivity index (χ3n) is 4.89. The van der Waals surface area contributed by atoms with Gasteiger partial charge >= 0.3 is 0 Å². The molecule has 2 fully saturated rings. The van der Waals surface area contributed by atoms with Crippen LogP contribution in [0, 0.1) is 0 Å². The summed E-state index contributed by atoms with van der Waals surface area (Å²) in [5.74, 6) is 0.697. The van der Waals surface area contributed by atoms with Crippen LogP contribution in [0.3, 0.4) is 0 Å². The lowest BCUT2D eigenvalue weighted by Crippen LogP contribution is -2.35. The molecule has 1 aromatic rings. The molecule has 0 spiro atoms. The molecule has 0 aromatic carbocycles. The topological polar surface area (TPSA) is 95.5 Å². The number of carbonyl (C=O) groups is 3. The van der Waals surface area contributed by atoms with E-state index in [-0.39, 0.29) is 23.8 Å². The second kappa shape index (κ2) is 8.25. The first-order valence-electron chi connectivity index (χ1n) is 9.18. The zero-order valence-electron chi connectivity index (χ0n) is 15.1. The molecule has 2 saturated heterocycles. The van der Waals surface area contributed by atoms with Gasteiger partial charge in [0, 0.05) is 45.6 Å². The van der Waals surface area contributed by atoms with Crippen molar-refractivity contribution in [2.45, 2.75) is 51.6 Å². The Morgan fingerprint density at radius 2 is 2.15 bits per heavy atom. The number of rotatable bonds is 6. The van der Waals surface area contributed by atoms with Crippen molar-refractivity contribution >= 4 is 17.7 Å². The molecule has 3 amide bonds. The predicted octanol–water partition coefficient (Wildman–Crippen LogP) is 0.789. The first-order chi connectivity index (χ1) is 12.5. The first kappa shape index (κ1) is 18.3. The van der Waals surface area contributed by atoms with Crippen molar-refractivity contribution in [3.05, 3.63) is 23.8 Å². The maximum atomic E-state index is 12.7. The average Bonchev–Trinajstić information content (AvgIpc) is 3.27. The van der Waals surface area contributed by atoms with Crippen LogP contribution in [-0.4, -0.2) is 57.1 Å². The predicted molar refractivity (Wildman–Crippen MR) is 93.7 cm³/mol. The van der Waals surface area contributed by atoms with Crippen LogP contribution < -0.4 is 5.32 Å². The number of amides is 3. The van der Waals surface area contributed by atoms with E-state index in [0.717, 1.165) is 31.5 Å². The SMILES string of the molecule is CC(=O)NCc1ccnc([C@@H]2CCCN2C(=O)CCN2CCCC2=O)n1. The van der Waals surface area contributed by atoms with Gasteiger partial charge in [0.25, 0.3) is 0 Å². The molecule has 140 valence electrons. The number of likely N-dealkylation sites (tertiary alicyclic amines) is 2. The minimum Gasteiger partial charge on any atom is -0.351 e. The van der Waals surface area contributed by atoms with Gasteiger partial charge in [-0.25, -0.2) is 9.97 Å². The number of hydrogen-bond acceptors (Lipinski definition) is 5. The standard InChI is InChI=1S/C18H25N5O3/c1-13(24)20-12-14-6-8-19-18(21-14)15-4-2-10-23(15)17(26)7-11-22-9-3-5-16(22)25/h6,8,15H,2-5,7,9-12H2,1H3,(H,20,24)/t15-/m0/s1. The lowest BCUT2D eigenvalue weighted by molar-refractivity contribution is -0.133. The summed E-state index contributed by atoms with van der Waals surface area (Å²) in [6, 6.07) is 1.63. The smallest absolute Gasteiger partial charge is 0.224 e. The zero-order chi connectivity index (χ0) is 18.5. The molecule has 1 aromatic heterocycles. The minimum absolute atomic E-state index is 0.0445. The van der Waals surface area contributed by atoms with Gasteiger partial charge in [0.1, 0.15) is 0 Å². The fraction of sp³-hybridized carbons (Fsp3) is 0.611. The highest BCUT2D eigenvalue weighted by Gasteiger charge is 2.32. The van der Waals surface area contributed by atoms with E-state index >= 15 is 0 Å². The number of aromatic nitrogens is 2. The Hall–Kier alpha value is -2.51. The summed E-state index contributed by atoms with van der Waals surface area (Å²) in [4.78, 5) is 47.9. The summed E-state index contributed by atoms with van der Waals surface area (Å²) in [7, 11) is 0. The highest BCUT2D eigenvalue weighted by molar-refractivity contribution is 5.80. The van der Waals surface area contributed by atoms with Crippen LogP contribution in [-0.2, 0) is 20.9 Å². The van der Waals surface area contributed by atoms with Crippen LogP contribution in [0.25, 0.3) is 0 Å². The average molecular weight is 359 g/mol. The summed E-state index contributed by atoms with van der Waals surface area (Å²) in [5, 5.41) is 2.72. The molecule has 8 nitrogen and oxygen atoms in total. The number of hydrogen-bond donors (Lipinski definition) is 1. The van der Waals surface area contributed by atoms with Gasteiger partial charge in [0.05, 0.1) is 18.3 Å². The zero-order valence-corrected chi connectivity index (χ0v) is 15.1. The molecule has 0 aliphatic carbocycles. The fourth-order valence-corrected chi connectivity index (χ4v) is 3.54. The lowest BCUT2D eigenvalue weighted by atomic mass is 10.2. The quantitative estimate of drug-likeness (QED) is 0.810. The fourth-order valence-electron chi connectivity index (χ4n) is 3.54. The molecule has 1 atom stereocenters. The molecule has 8 heteroatoms. The molecule has 0 unspecified atom stereocenters. The normalized spacial score (nSPS) is 19.9. The highest BCUT2D eigenvalue weighted by atomic mass is 16.2. The molecule has 0 bridgehead atoms. The molecule has 3 heterocycles. The Bertz CT molecular complexity index is 693. The van der Waals surface area contributed by atoms with Gasteiger partial charge in [0.15, 0.2) is 5.82 Å². The summed E-state index contributed by atoms with van der Waals surface area (Å²) in [5.41, 5.74) is 0.729. The third-order valence-corrected chi connectivity index (χ3v) is 4.89. The molecular formula is C18H25N5O3. The van der Waals surface area contributed by atoms with Gasteiger partial charge in [-0.05, 0) is 25.3 Å². The largest absolute Gasteiger partial charge is 0.351 e.